The van der Waals surface area contributed by atoms with E-state index in [4.69, 9.17) is 0 Å². The van der Waals surface area contributed by atoms with Crippen LogP contribution in [0.15, 0.2) is 0 Å². The summed E-state index contributed by atoms with van der Waals surface area (Å²) < 4.78 is 77.0. The first-order valence-electron chi connectivity index (χ1n) is 5.44. The van der Waals surface area contributed by atoms with Gasteiger partial charge in [-0.25, -0.2) is 0 Å². The lowest BCUT2D eigenvalue weighted by molar-refractivity contribution is -0.329. The number of halogens is 6. The van der Waals surface area contributed by atoms with Crippen molar-refractivity contribution >= 4 is 0 Å². The van der Waals surface area contributed by atoms with Crippen molar-refractivity contribution < 1.29 is 31.1 Å². The molecular formula is C10H17F6NO. The van der Waals surface area contributed by atoms with E-state index in [9.17, 15) is 26.3 Å². The molecule has 1 atom stereocenters. The molecule has 0 radical (unpaired) electrons. The standard InChI is InChI=1S/C10H17F6NO/c1-6(2)4-17-5-7(3)18-8(9(11,12)13)10(14,15)16/h6-8,17H,4-5H2,1-3H3. The van der Waals surface area contributed by atoms with Gasteiger partial charge in [-0.2, -0.15) is 26.3 Å². The summed E-state index contributed by atoms with van der Waals surface area (Å²) in [5, 5.41) is 2.73. The van der Waals surface area contributed by atoms with Gasteiger partial charge in [-0.3, -0.25) is 0 Å². The zero-order valence-corrected chi connectivity index (χ0v) is 10.3. The Labute approximate surface area is 102 Å². The number of hydrogen-bond acceptors (Lipinski definition) is 2. The summed E-state index contributed by atoms with van der Waals surface area (Å²) in [7, 11) is 0. The van der Waals surface area contributed by atoms with Crippen molar-refractivity contribution in [2.24, 2.45) is 5.92 Å². The Morgan fingerprint density at radius 2 is 1.33 bits per heavy atom. The topological polar surface area (TPSA) is 21.3 Å². The monoisotopic (exact) mass is 281 g/mol. The summed E-state index contributed by atoms with van der Waals surface area (Å²) in [4.78, 5) is 0. The second-order valence-corrected chi connectivity index (χ2v) is 4.46. The molecule has 0 saturated heterocycles. The van der Waals surface area contributed by atoms with E-state index in [1.165, 1.54) is 0 Å². The van der Waals surface area contributed by atoms with Gasteiger partial charge in [-0.1, -0.05) is 13.8 Å². The average Bonchev–Trinajstić information content (AvgIpc) is 2.09. The average molecular weight is 281 g/mol. The van der Waals surface area contributed by atoms with Gasteiger partial charge in [0, 0.05) is 6.54 Å². The summed E-state index contributed by atoms with van der Waals surface area (Å²) in [5.74, 6) is 0.248. The highest BCUT2D eigenvalue weighted by atomic mass is 19.4. The molecule has 1 N–H and O–H groups in total. The molecule has 8 heteroatoms. The number of hydrogen-bond donors (Lipinski definition) is 1. The van der Waals surface area contributed by atoms with Crippen molar-refractivity contribution in [3.8, 4) is 0 Å². The lowest BCUT2D eigenvalue weighted by atomic mass is 10.2. The molecule has 0 amide bonds. The number of nitrogens with one attached hydrogen (secondary N) is 1. The Kier molecular flexibility index (Phi) is 6.42. The largest absolute Gasteiger partial charge is 0.423 e. The summed E-state index contributed by atoms with van der Waals surface area (Å²) in [5.41, 5.74) is 0. The highest BCUT2D eigenvalue weighted by Gasteiger charge is 2.58. The molecule has 0 aromatic heterocycles. The quantitative estimate of drug-likeness (QED) is 0.755. The van der Waals surface area contributed by atoms with Crippen LogP contribution in [0.2, 0.25) is 0 Å². The van der Waals surface area contributed by atoms with Crippen molar-refractivity contribution in [1.29, 1.82) is 0 Å². The molecular weight excluding hydrogens is 264 g/mol. The summed E-state index contributed by atoms with van der Waals surface area (Å²) in [6.07, 6.45) is -15.8. The van der Waals surface area contributed by atoms with Gasteiger partial charge in [0.2, 0.25) is 6.10 Å². The molecule has 0 rings (SSSR count). The fraction of sp³-hybridized carbons (Fsp3) is 1.00. The summed E-state index contributed by atoms with van der Waals surface area (Å²) >= 11 is 0. The molecule has 0 spiro atoms. The van der Waals surface area contributed by atoms with Gasteiger partial charge in [0.1, 0.15) is 0 Å². The first-order chi connectivity index (χ1) is 7.94. The highest BCUT2D eigenvalue weighted by molar-refractivity contribution is 4.77. The molecule has 0 bridgehead atoms. The molecule has 0 heterocycles. The van der Waals surface area contributed by atoms with Crippen molar-refractivity contribution in [1.82, 2.24) is 5.32 Å². The number of rotatable bonds is 6. The molecule has 0 aliphatic heterocycles. The van der Waals surface area contributed by atoms with E-state index in [1.54, 1.807) is 0 Å². The van der Waals surface area contributed by atoms with Crippen LogP contribution >= 0.6 is 0 Å². The molecule has 1 unspecified atom stereocenters. The van der Waals surface area contributed by atoms with Gasteiger partial charge >= 0.3 is 12.4 Å². The van der Waals surface area contributed by atoms with Gasteiger partial charge < -0.3 is 10.1 Å². The maximum Gasteiger partial charge on any atom is 0.423 e. The van der Waals surface area contributed by atoms with E-state index in [0.717, 1.165) is 6.92 Å². The lowest BCUT2D eigenvalue weighted by Crippen LogP contribution is -2.47. The zero-order chi connectivity index (χ0) is 14.6. The van der Waals surface area contributed by atoms with Crippen molar-refractivity contribution in [2.75, 3.05) is 13.1 Å². The highest BCUT2D eigenvalue weighted by Crippen LogP contribution is 2.36. The van der Waals surface area contributed by atoms with E-state index in [-0.39, 0.29) is 12.5 Å². The van der Waals surface area contributed by atoms with Crippen molar-refractivity contribution in [3.63, 3.8) is 0 Å². The molecule has 0 aromatic carbocycles. The molecule has 2 nitrogen and oxygen atoms in total. The number of ether oxygens (including phenoxy) is 1. The third kappa shape index (κ3) is 7.05. The SMILES string of the molecule is CC(C)CNCC(C)OC(C(F)(F)F)C(F)(F)F. The minimum atomic E-state index is -5.45. The Morgan fingerprint density at radius 3 is 1.67 bits per heavy atom. The second-order valence-electron chi connectivity index (χ2n) is 4.46. The van der Waals surface area contributed by atoms with E-state index in [2.05, 4.69) is 10.1 Å². The van der Waals surface area contributed by atoms with Gasteiger partial charge in [-0.15, -0.1) is 0 Å². The zero-order valence-electron chi connectivity index (χ0n) is 10.3. The van der Waals surface area contributed by atoms with Crippen LogP contribution in [0.3, 0.4) is 0 Å². The second kappa shape index (κ2) is 6.60. The molecule has 0 aliphatic carbocycles. The van der Waals surface area contributed by atoms with Crippen LogP contribution < -0.4 is 5.32 Å². The first-order valence-corrected chi connectivity index (χ1v) is 5.44. The van der Waals surface area contributed by atoms with Crippen LogP contribution in [0.1, 0.15) is 20.8 Å². The minimum absolute atomic E-state index is 0.0686. The maximum absolute atomic E-state index is 12.2. The Hall–Kier alpha value is -0.500. The van der Waals surface area contributed by atoms with Crippen molar-refractivity contribution in [2.45, 2.75) is 45.3 Å². The van der Waals surface area contributed by atoms with Crippen molar-refractivity contribution in [3.05, 3.63) is 0 Å². The smallest absolute Gasteiger partial charge is 0.357 e. The molecule has 0 saturated carbocycles. The van der Waals surface area contributed by atoms with Crippen LogP contribution in [0, 0.1) is 5.92 Å². The first kappa shape index (κ1) is 17.5. The van der Waals surface area contributed by atoms with Crippen LogP contribution in [0.4, 0.5) is 26.3 Å². The minimum Gasteiger partial charge on any atom is -0.357 e. The van der Waals surface area contributed by atoms with Crippen LogP contribution in [-0.4, -0.2) is 37.7 Å². The summed E-state index contributed by atoms with van der Waals surface area (Å²) in [6, 6.07) is 0. The third-order valence-electron chi connectivity index (χ3n) is 1.95. The maximum atomic E-state index is 12.2. The van der Waals surface area contributed by atoms with E-state index in [0.29, 0.717) is 6.54 Å². The Bertz CT molecular complexity index is 224. The van der Waals surface area contributed by atoms with Crippen LogP contribution in [-0.2, 0) is 4.74 Å². The number of alkyl halides is 6. The van der Waals surface area contributed by atoms with Gasteiger partial charge in [0.15, 0.2) is 0 Å². The van der Waals surface area contributed by atoms with E-state index in [1.807, 2.05) is 13.8 Å². The van der Waals surface area contributed by atoms with Crippen LogP contribution in [0.25, 0.3) is 0 Å². The van der Waals surface area contributed by atoms with Gasteiger partial charge in [0.25, 0.3) is 0 Å². The molecule has 0 aromatic rings. The normalized spacial score (nSPS) is 15.5. The Balaban J connectivity index is 4.34. The van der Waals surface area contributed by atoms with E-state index >= 15 is 0 Å². The van der Waals surface area contributed by atoms with Gasteiger partial charge in [0.05, 0.1) is 6.10 Å². The fourth-order valence-corrected chi connectivity index (χ4v) is 1.20. The van der Waals surface area contributed by atoms with Crippen LogP contribution in [0.5, 0.6) is 0 Å². The molecule has 0 fully saturated rings. The fourth-order valence-electron chi connectivity index (χ4n) is 1.20. The van der Waals surface area contributed by atoms with E-state index < -0.39 is 24.6 Å². The molecule has 0 aliphatic rings. The Morgan fingerprint density at radius 1 is 0.889 bits per heavy atom. The third-order valence-corrected chi connectivity index (χ3v) is 1.95. The summed E-state index contributed by atoms with van der Waals surface area (Å²) in [6.45, 7) is 5.33. The lowest BCUT2D eigenvalue weighted by Gasteiger charge is -2.26. The molecule has 18 heavy (non-hydrogen) atoms. The molecule has 110 valence electrons. The predicted molar refractivity (Wildman–Crippen MR) is 54.2 cm³/mol. The predicted octanol–water partition coefficient (Wildman–Crippen LogP) is 3.13. The van der Waals surface area contributed by atoms with Gasteiger partial charge in [-0.05, 0) is 19.4 Å².